The number of hydrogen-bond acceptors (Lipinski definition) is 3. The lowest BCUT2D eigenvalue weighted by Gasteiger charge is -2.12. The molecule has 3 nitrogen and oxygen atoms in total. The van der Waals surface area contributed by atoms with E-state index in [1.165, 1.54) is 4.90 Å². The van der Waals surface area contributed by atoms with Crippen LogP contribution in [-0.4, -0.2) is 14.9 Å². The summed E-state index contributed by atoms with van der Waals surface area (Å²) in [7, 11) is 0. The van der Waals surface area contributed by atoms with Crippen molar-refractivity contribution in [1.82, 2.24) is 9.78 Å². The molecular formula is C16H22N2OS. The SMILES string of the molecule is CCC(CC)n1ccc(CSc2cccc(CO)c2)n1. The molecule has 108 valence electrons. The van der Waals surface area contributed by atoms with E-state index in [0.717, 1.165) is 29.9 Å². The molecule has 0 radical (unpaired) electrons. The number of benzene rings is 1. The number of rotatable bonds is 7. The van der Waals surface area contributed by atoms with Gasteiger partial charge in [0.1, 0.15) is 0 Å². The van der Waals surface area contributed by atoms with Crippen LogP contribution in [0.2, 0.25) is 0 Å². The van der Waals surface area contributed by atoms with Crippen molar-refractivity contribution in [2.75, 3.05) is 0 Å². The summed E-state index contributed by atoms with van der Waals surface area (Å²) in [6, 6.07) is 10.6. The minimum absolute atomic E-state index is 0.0949. The molecule has 0 aliphatic heterocycles. The summed E-state index contributed by atoms with van der Waals surface area (Å²) in [6.07, 6.45) is 4.31. The molecule has 4 heteroatoms. The summed E-state index contributed by atoms with van der Waals surface area (Å²) < 4.78 is 2.08. The summed E-state index contributed by atoms with van der Waals surface area (Å²) in [5.41, 5.74) is 2.06. The van der Waals surface area contributed by atoms with Crippen molar-refractivity contribution in [1.29, 1.82) is 0 Å². The van der Waals surface area contributed by atoms with Crippen molar-refractivity contribution in [2.45, 2.75) is 50.0 Å². The fraction of sp³-hybridized carbons (Fsp3) is 0.438. The van der Waals surface area contributed by atoms with Crippen molar-refractivity contribution in [3.63, 3.8) is 0 Å². The van der Waals surface area contributed by atoms with Gasteiger partial charge in [-0.15, -0.1) is 11.8 Å². The number of aliphatic hydroxyl groups excluding tert-OH is 1. The first kappa shape index (κ1) is 15.1. The Bertz CT molecular complexity index is 535. The first-order chi connectivity index (χ1) is 9.76. The average Bonchev–Trinajstić information content (AvgIpc) is 2.95. The molecule has 0 spiro atoms. The largest absolute Gasteiger partial charge is 0.392 e. The van der Waals surface area contributed by atoms with E-state index in [-0.39, 0.29) is 6.61 Å². The van der Waals surface area contributed by atoms with Crippen molar-refractivity contribution in [3.8, 4) is 0 Å². The van der Waals surface area contributed by atoms with Crippen LogP contribution in [0.4, 0.5) is 0 Å². The van der Waals surface area contributed by atoms with E-state index < -0.39 is 0 Å². The molecule has 0 amide bonds. The zero-order chi connectivity index (χ0) is 14.4. The van der Waals surface area contributed by atoms with E-state index in [0.29, 0.717) is 6.04 Å². The lowest BCUT2D eigenvalue weighted by Crippen LogP contribution is -2.07. The topological polar surface area (TPSA) is 38.0 Å². The van der Waals surface area contributed by atoms with Crippen LogP contribution < -0.4 is 0 Å². The van der Waals surface area contributed by atoms with E-state index in [1.807, 2.05) is 18.2 Å². The van der Waals surface area contributed by atoms with Crippen LogP contribution in [-0.2, 0) is 12.4 Å². The highest BCUT2D eigenvalue weighted by molar-refractivity contribution is 7.98. The van der Waals surface area contributed by atoms with Gasteiger partial charge < -0.3 is 5.11 Å². The van der Waals surface area contributed by atoms with Gasteiger partial charge in [0.05, 0.1) is 18.3 Å². The summed E-state index contributed by atoms with van der Waals surface area (Å²) in [6.45, 7) is 4.49. The van der Waals surface area contributed by atoms with Crippen molar-refractivity contribution >= 4 is 11.8 Å². The van der Waals surface area contributed by atoms with Gasteiger partial charge in [-0.1, -0.05) is 26.0 Å². The van der Waals surface area contributed by atoms with Crippen LogP contribution in [0.25, 0.3) is 0 Å². The van der Waals surface area contributed by atoms with Gasteiger partial charge >= 0.3 is 0 Å². The molecule has 1 aromatic carbocycles. The Balaban J connectivity index is 1.97. The maximum absolute atomic E-state index is 9.14. The fourth-order valence-electron chi connectivity index (χ4n) is 2.21. The third-order valence-electron chi connectivity index (χ3n) is 3.45. The summed E-state index contributed by atoms with van der Waals surface area (Å²) in [5, 5.41) is 13.8. The van der Waals surface area contributed by atoms with E-state index in [2.05, 4.69) is 42.0 Å². The smallest absolute Gasteiger partial charge is 0.0727 e. The van der Waals surface area contributed by atoms with Crippen LogP contribution in [0.1, 0.15) is 44.0 Å². The lowest BCUT2D eigenvalue weighted by molar-refractivity contribution is 0.281. The second-order valence-electron chi connectivity index (χ2n) is 4.85. The average molecular weight is 290 g/mol. The second-order valence-corrected chi connectivity index (χ2v) is 5.90. The molecule has 0 aliphatic carbocycles. The molecule has 1 N–H and O–H groups in total. The molecular weight excluding hydrogens is 268 g/mol. The normalized spacial score (nSPS) is 11.2. The quantitative estimate of drug-likeness (QED) is 0.782. The Hall–Kier alpha value is -1.26. The minimum Gasteiger partial charge on any atom is -0.392 e. The van der Waals surface area contributed by atoms with Crippen LogP contribution in [0, 0.1) is 0 Å². The standard InChI is InChI=1S/C16H22N2OS/c1-3-15(4-2)18-9-8-14(17-18)12-20-16-7-5-6-13(10-16)11-19/h5-10,15,19H,3-4,11-12H2,1-2H3. The van der Waals surface area contributed by atoms with Gasteiger partial charge in [0.25, 0.3) is 0 Å². The van der Waals surface area contributed by atoms with Gasteiger partial charge in [-0.2, -0.15) is 5.10 Å². The Labute approximate surface area is 125 Å². The molecule has 0 saturated carbocycles. The zero-order valence-corrected chi connectivity index (χ0v) is 12.9. The van der Waals surface area contributed by atoms with Gasteiger partial charge in [0.15, 0.2) is 0 Å². The van der Waals surface area contributed by atoms with E-state index in [1.54, 1.807) is 11.8 Å². The van der Waals surface area contributed by atoms with Crippen molar-refractivity contribution < 1.29 is 5.11 Å². The van der Waals surface area contributed by atoms with E-state index in [4.69, 9.17) is 5.11 Å². The zero-order valence-electron chi connectivity index (χ0n) is 12.1. The van der Waals surface area contributed by atoms with Gasteiger partial charge in [0.2, 0.25) is 0 Å². The molecule has 0 aliphatic rings. The molecule has 1 heterocycles. The maximum atomic E-state index is 9.14. The predicted octanol–water partition coefficient (Wildman–Crippen LogP) is 4.03. The molecule has 2 rings (SSSR count). The number of hydrogen-bond donors (Lipinski definition) is 1. The Kier molecular flexibility index (Phi) is 5.68. The summed E-state index contributed by atoms with van der Waals surface area (Å²) in [4.78, 5) is 1.17. The Morgan fingerprint density at radius 1 is 1.25 bits per heavy atom. The molecule has 0 fully saturated rings. The third-order valence-corrected chi connectivity index (χ3v) is 4.48. The molecule has 0 bridgehead atoms. The Morgan fingerprint density at radius 2 is 2.05 bits per heavy atom. The molecule has 0 saturated heterocycles. The third kappa shape index (κ3) is 3.87. The lowest BCUT2D eigenvalue weighted by atomic mass is 10.2. The van der Waals surface area contributed by atoms with Gasteiger partial charge in [-0.25, -0.2) is 0 Å². The van der Waals surface area contributed by atoms with Crippen LogP contribution in [0.15, 0.2) is 41.4 Å². The molecule has 0 unspecified atom stereocenters. The van der Waals surface area contributed by atoms with Crippen LogP contribution in [0.3, 0.4) is 0 Å². The highest BCUT2D eigenvalue weighted by Gasteiger charge is 2.08. The van der Waals surface area contributed by atoms with Gasteiger partial charge in [-0.3, -0.25) is 4.68 Å². The fourth-order valence-corrected chi connectivity index (χ4v) is 3.09. The van der Waals surface area contributed by atoms with E-state index >= 15 is 0 Å². The molecule has 1 aromatic heterocycles. The first-order valence-corrected chi connectivity index (χ1v) is 8.12. The summed E-state index contributed by atoms with van der Waals surface area (Å²) >= 11 is 1.76. The second kappa shape index (κ2) is 7.50. The number of nitrogens with zero attached hydrogens (tertiary/aromatic N) is 2. The molecule has 20 heavy (non-hydrogen) atoms. The number of aliphatic hydroxyl groups is 1. The van der Waals surface area contributed by atoms with E-state index in [9.17, 15) is 0 Å². The highest BCUT2D eigenvalue weighted by Crippen LogP contribution is 2.24. The number of aromatic nitrogens is 2. The minimum atomic E-state index is 0.0949. The monoisotopic (exact) mass is 290 g/mol. The molecule has 0 atom stereocenters. The van der Waals surface area contributed by atoms with Crippen molar-refractivity contribution in [3.05, 3.63) is 47.8 Å². The summed E-state index contributed by atoms with van der Waals surface area (Å²) in [5.74, 6) is 0.863. The van der Waals surface area contributed by atoms with Crippen LogP contribution in [0.5, 0.6) is 0 Å². The van der Waals surface area contributed by atoms with Crippen molar-refractivity contribution in [2.24, 2.45) is 0 Å². The predicted molar refractivity (Wildman–Crippen MR) is 83.8 cm³/mol. The maximum Gasteiger partial charge on any atom is 0.0727 e. The number of thioether (sulfide) groups is 1. The molecule has 2 aromatic rings. The van der Waals surface area contributed by atoms with Crippen LogP contribution >= 0.6 is 11.8 Å². The van der Waals surface area contributed by atoms with Gasteiger partial charge in [0, 0.05) is 16.8 Å². The highest BCUT2D eigenvalue weighted by atomic mass is 32.2. The van der Waals surface area contributed by atoms with Gasteiger partial charge in [-0.05, 0) is 36.6 Å². The Morgan fingerprint density at radius 3 is 2.75 bits per heavy atom. The first-order valence-electron chi connectivity index (χ1n) is 7.13.